The van der Waals surface area contributed by atoms with Crippen molar-refractivity contribution in [3.05, 3.63) is 35.9 Å². The average Bonchev–Trinajstić information content (AvgIpc) is 2.49. The van der Waals surface area contributed by atoms with Crippen LogP contribution in [-0.4, -0.2) is 31.1 Å². The van der Waals surface area contributed by atoms with Gasteiger partial charge in [-0.05, 0) is 50.4 Å². The summed E-state index contributed by atoms with van der Waals surface area (Å²) in [6.07, 6.45) is 5.42. The van der Waals surface area contributed by atoms with Gasteiger partial charge in [0.05, 0.1) is 0 Å². The van der Waals surface area contributed by atoms with E-state index in [1.807, 2.05) is 0 Å². The first kappa shape index (κ1) is 16.5. The third-order valence-corrected chi connectivity index (χ3v) is 5.13. The number of hydrogen-bond donors (Lipinski definition) is 1. The first-order chi connectivity index (χ1) is 10.2. The van der Waals surface area contributed by atoms with Crippen LogP contribution < -0.4 is 5.32 Å². The molecule has 1 aliphatic rings. The first-order valence-corrected chi connectivity index (χ1v) is 8.62. The quantitative estimate of drug-likeness (QED) is 0.765. The number of hydrogen-bond acceptors (Lipinski definition) is 2. The Morgan fingerprint density at radius 1 is 1.14 bits per heavy atom. The van der Waals surface area contributed by atoms with Crippen LogP contribution in [0.1, 0.15) is 45.1 Å². The molecule has 1 N–H and O–H groups in total. The molecule has 1 saturated carbocycles. The summed E-state index contributed by atoms with van der Waals surface area (Å²) < 4.78 is 0. The Bertz CT molecular complexity index is 390. The van der Waals surface area contributed by atoms with Crippen LogP contribution in [0.15, 0.2) is 30.3 Å². The molecule has 118 valence electrons. The van der Waals surface area contributed by atoms with Gasteiger partial charge in [-0.1, -0.05) is 57.0 Å². The van der Waals surface area contributed by atoms with E-state index in [1.165, 1.54) is 37.8 Å². The summed E-state index contributed by atoms with van der Waals surface area (Å²) in [5.74, 6) is 1.72. The minimum atomic E-state index is 0.744. The van der Waals surface area contributed by atoms with Gasteiger partial charge in [0.25, 0.3) is 0 Å². The van der Waals surface area contributed by atoms with E-state index in [0.717, 1.165) is 31.0 Å². The van der Waals surface area contributed by atoms with Crippen LogP contribution in [0.4, 0.5) is 0 Å². The number of nitrogens with one attached hydrogen (secondary N) is 1. The summed E-state index contributed by atoms with van der Waals surface area (Å²) >= 11 is 0. The molecule has 0 aromatic heterocycles. The smallest absolute Gasteiger partial charge is 0.0230 e. The lowest BCUT2D eigenvalue weighted by atomic mass is 9.78. The van der Waals surface area contributed by atoms with Gasteiger partial charge in [-0.2, -0.15) is 0 Å². The van der Waals surface area contributed by atoms with Crippen molar-refractivity contribution in [1.29, 1.82) is 0 Å². The molecule has 1 fully saturated rings. The van der Waals surface area contributed by atoms with E-state index in [0.29, 0.717) is 0 Å². The molecule has 0 saturated heterocycles. The van der Waals surface area contributed by atoms with E-state index in [9.17, 15) is 0 Å². The standard InChI is InChI=1S/C19H32N2/c1-16-9-7-12-19(17(16)2)20-13-8-14-21(3)15-18-10-5-4-6-11-18/h4-6,10-11,16-17,19-20H,7-9,12-15H2,1-3H3. The predicted octanol–water partition coefficient (Wildman–Crippen LogP) is 3.92. The lowest BCUT2D eigenvalue weighted by molar-refractivity contribution is 0.204. The fraction of sp³-hybridized carbons (Fsp3) is 0.684. The van der Waals surface area contributed by atoms with Crippen molar-refractivity contribution in [3.8, 4) is 0 Å². The van der Waals surface area contributed by atoms with Gasteiger partial charge in [-0.15, -0.1) is 0 Å². The molecular formula is C19H32N2. The van der Waals surface area contributed by atoms with Crippen LogP contribution in [0.5, 0.6) is 0 Å². The highest BCUT2D eigenvalue weighted by Crippen LogP contribution is 2.29. The Balaban J connectivity index is 1.61. The van der Waals surface area contributed by atoms with Crippen LogP contribution in [0.2, 0.25) is 0 Å². The Labute approximate surface area is 130 Å². The number of rotatable bonds is 7. The van der Waals surface area contributed by atoms with Gasteiger partial charge in [0.2, 0.25) is 0 Å². The second-order valence-corrected chi connectivity index (χ2v) is 6.90. The SMILES string of the molecule is CC1CCCC(NCCCN(C)Cc2ccccc2)C1C. The third-order valence-electron chi connectivity index (χ3n) is 5.13. The monoisotopic (exact) mass is 288 g/mol. The molecule has 1 aromatic rings. The molecule has 0 bridgehead atoms. The maximum Gasteiger partial charge on any atom is 0.0230 e. The largest absolute Gasteiger partial charge is 0.314 e. The highest BCUT2D eigenvalue weighted by atomic mass is 15.1. The maximum atomic E-state index is 3.79. The molecule has 0 spiro atoms. The minimum absolute atomic E-state index is 0.744. The van der Waals surface area contributed by atoms with E-state index in [4.69, 9.17) is 0 Å². The van der Waals surface area contributed by atoms with Crippen molar-refractivity contribution in [3.63, 3.8) is 0 Å². The Hall–Kier alpha value is -0.860. The molecule has 1 aromatic carbocycles. The van der Waals surface area contributed by atoms with E-state index in [-0.39, 0.29) is 0 Å². The van der Waals surface area contributed by atoms with Gasteiger partial charge in [-0.3, -0.25) is 0 Å². The molecule has 0 radical (unpaired) electrons. The summed E-state index contributed by atoms with van der Waals surface area (Å²) in [5.41, 5.74) is 1.41. The first-order valence-electron chi connectivity index (χ1n) is 8.62. The summed E-state index contributed by atoms with van der Waals surface area (Å²) in [5, 5.41) is 3.79. The maximum absolute atomic E-state index is 3.79. The normalized spacial score (nSPS) is 26.2. The molecule has 3 unspecified atom stereocenters. The van der Waals surface area contributed by atoms with Crippen molar-refractivity contribution in [2.24, 2.45) is 11.8 Å². The van der Waals surface area contributed by atoms with E-state index in [2.05, 4.69) is 61.4 Å². The third kappa shape index (κ3) is 5.44. The molecule has 2 nitrogen and oxygen atoms in total. The second-order valence-electron chi connectivity index (χ2n) is 6.90. The molecule has 0 amide bonds. The molecular weight excluding hydrogens is 256 g/mol. The lowest BCUT2D eigenvalue weighted by Crippen LogP contribution is -2.41. The van der Waals surface area contributed by atoms with Gasteiger partial charge in [-0.25, -0.2) is 0 Å². The zero-order chi connectivity index (χ0) is 15.1. The topological polar surface area (TPSA) is 15.3 Å². The van der Waals surface area contributed by atoms with Gasteiger partial charge < -0.3 is 10.2 Å². The number of benzene rings is 1. The van der Waals surface area contributed by atoms with Crippen LogP contribution in [0, 0.1) is 11.8 Å². The van der Waals surface area contributed by atoms with Gasteiger partial charge in [0.1, 0.15) is 0 Å². The van der Waals surface area contributed by atoms with Gasteiger partial charge in [0, 0.05) is 12.6 Å². The highest BCUT2D eigenvalue weighted by Gasteiger charge is 2.26. The summed E-state index contributed by atoms with van der Waals surface area (Å²) in [4.78, 5) is 2.42. The predicted molar refractivity (Wildman–Crippen MR) is 91.4 cm³/mol. The summed E-state index contributed by atoms with van der Waals surface area (Å²) in [6, 6.07) is 11.5. The van der Waals surface area contributed by atoms with Crippen molar-refractivity contribution in [1.82, 2.24) is 10.2 Å². The van der Waals surface area contributed by atoms with E-state index >= 15 is 0 Å². The van der Waals surface area contributed by atoms with Crippen molar-refractivity contribution < 1.29 is 0 Å². The number of nitrogens with zero attached hydrogens (tertiary/aromatic N) is 1. The van der Waals surface area contributed by atoms with Crippen molar-refractivity contribution in [2.75, 3.05) is 20.1 Å². The van der Waals surface area contributed by atoms with E-state index in [1.54, 1.807) is 0 Å². The van der Waals surface area contributed by atoms with E-state index < -0.39 is 0 Å². The van der Waals surface area contributed by atoms with Crippen LogP contribution >= 0.6 is 0 Å². The fourth-order valence-corrected chi connectivity index (χ4v) is 3.48. The minimum Gasteiger partial charge on any atom is -0.314 e. The zero-order valence-electron chi connectivity index (χ0n) is 14.0. The van der Waals surface area contributed by atoms with Crippen LogP contribution in [-0.2, 0) is 6.54 Å². The highest BCUT2D eigenvalue weighted by molar-refractivity contribution is 5.14. The molecule has 1 aliphatic carbocycles. The molecule has 0 heterocycles. The fourth-order valence-electron chi connectivity index (χ4n) is 3.48. The Morgan fingerprint density at radius 2 is 1.90 bits per heavy atom. The average molecular weight is 288 g/mol. The summed E-state index contributed by atoms with van der Waals surface area (Å²) in [7, 11) is 2.22. The molecule has 2 heteroatoms. The van der Waals surface area contributed by atoms with Crippen molar-refractivity contribution in [2.45, 2.75) is 52.1 Å². The molecule has 21 heavy (non-hydrogen) atoms. The van der Waals surface area contributed by atoms with Crippen LogP contribution in [0.3, 0.4) is 0 Å². The lowest BCUT2D eigenvalue weighted by Gasteiger charge is -2.35. The zero-order valence-corrected chi connectivity index (χ0v) is 14.0. The molecule has 3 atom stereocenters. The van der Waals surface area contributed by atoms with Crippen LogP contribution in [0.25, 0.3) is 0 Å². The summed E-state index contributed by atoms with van der Waals surface area (Å²) in [6.45, 7) is 8.20. The molecule has 2 rings (SSSR count). The molecule has 0 aliphatic heterocycles. The Kier molecular flexibility index (Phi) is 6.72. The Morgan fingerprint density at radius 3 is 2.67 bits per heavy atom. The van der Waals surface area contributed by atoms with Gasteiger partial charge in [0.15, 0.2) is 0 Å². The van der Waals surface area contributed by atoms with Crippen molar-refractivity contribution >= 4 is 0 Å². The second kappa shape index (κ2) is 8.55. The van der Waals surface area contributed by atoms with Gasteiger partial charge >= 0.3 is 0 Å².